The maximum Gasteiger partial charge on any atom is 0.216 e. The third kappa shape index (κ3) is 9.56. The molecule has 0 bridgehead atoms. The fourth-order valence-electron chi connectivity index (χ4n) is 5.93. The molecule has 51 heavy (non-hydrogen) atoms. The van der Waals surface area contributed by atoms with Gasteiger partial charge in [0, 0.05) is 0 Å². The van der Waals surface area contributed by atoms with Crippen molar-refractivity contribution in [1.29, 1.82) is 0 Å². The molecule has 0 unspecified atom stereocenters. The van der Waals surface area contributed by atoms with Crippen molar-refractivity contribution in [1.82, 2.24) is 20.2 Å². The summed E-state index contributed by atoms with van der Waals surface area (Å²) < 4.78 is 35.5. The van der Waals surface area contributed by atoms with Crippen LogP contribution < -0.4 is 0 Å². The van der Waals surface area contributed by atoms with E-state index < -0.39 is 29.9 Å². The molecule has 1 aromatic heterocycles. The van der Waals surface area contributed by atoms with Gasteiger partial charge in [0.1, 0.15) is 29.9 Å². The second-order valence-electron chi connectivity index (χ2n) is 12.2. The Kier molecular flexibility index (Phi) is 12.3. The number of tetrazole rings is 1. The fraction of sp³-hybridized carbons (Fsp3) is 0.244. The lowest BCUT2D eigenvalue weighted by Crippen LogP contribution is -2.60. The monoisotopic (exact) mass is 700 g/mol. The van der Waals surface area contributed by atoms with Crippen LogP contribution in [0.2, 0.25) is 0 Å². The highest BCUT2D eigenvalue weighted by atomic mass is 32.2. The van der Waals surface area contributed by atoms with Gasteiger partial charge >= 0.3 is 0 Å². The minimum absolute atomic E-state index is 0.269. The molecule has 9 nitrogen and oxygen atoms in total. The Bertz CT molecular complexity index is 1870. The van der Waals surface area contributed by atoms with Gasteiger partial charge in [-0.2, -0.15) is 4.68 Å². The van der Waals surface area contributed by atoms with E-state index in [1.807, 2.05) is 127 Å². The average molecular weight is 701 g/mol. The molecule has 0 spiro atoms. The van der Waals surface area contributed by atoms with Gasteiger partial charge in [0.2, 0.25) is 5.16 Å². The highest BCUT2D eigenvalue weighted by molar-refractivity contribution is 7.99. The van der Waals surface area contributed by atoms with Crippen LogP contribution in [0.15, 0.2) is 157 Å². The molecule has 5 aromatic carbocycles. The second-order valence-corrected chi connectivity index (χ2v) is 13.2. The number of benzene rings is 5. The Balaban J connectivity index is 1.23. The number of hydrogen-bond donors (Lipinski definition) is 0. The van der Waals surface area contributed by atoms with Crippen LogP contribution in [0, 0.1) is 0 Å². The van der Waals surface area contributed by atoms with Crippen molar-refractivity contribution in [2.24, 2.45) is 0 Å². The molecule has 1 saturated heterocycles. The quantitative estimate of drug-likeness (QED) is 0.102. The topological polar surface area (TPSA) is 89.8 Å². The molecule has 1 fully saturated rings. The third-order valence-electron chi connectivity index (χ3n) is 8.50. The van der Waals surface area contributed by atoms with Gasteiger partial charge in [-0.3, -0.25) is 0 Å². The predicted octanol–water partition coefficient (Wildman–Crippen LogP) is 7.45. The molecule has 6 aromatic rings. The van der Waals surface area contributed by atoms with Crippen molar-refractivity contribution in [2.75, 3.05) is 6.61 Å². The van der Waals surface area contributed by atoms with Crippen LogP contribution in [0.3, 0.4) is 0 Å². The highest BCUT2D eigenvalue weighted by Gasteiger charge is 2.49. The Morgan fingerprint density at radius 2 is 0.980 bits per heavy atom. The minimum Gasteiger partial charge on any atom is -0.374 e. The van der Waals surface area contributed by atoms with Gasteiger partial charge < -0.3 is 23.7 Å². The van der Waals surface area contributed by atoms with E-state index in [4.69, 9.17) is 23.7 Å². The number of hydrogen-bond acceptors (Lipinski definition) is 9. The predicted molar refractivity (Wildman–Crippen MR) is 195 cm³/mol. The first-order valence-electron chi connectivity index (χ1n) is 17.0. The SMILES string of the molecule is c1ccc(COC[C@H]2O[C@@H](Sc3nnnn3-c3ccccc3)[C@H](OCc3ccccc3)[C@@H](OCc3ccccc3)[C@@H]2OCc2ccccc2)cc1. The normalized spacial score (nSPS) is 20.3. The summed E-state index contributed by atoms with van der Waals surface area (Å²) in [7, 11) is 0. The smallest absolute Gasteiger partial charge is 0.216 e. The van der Waals surface area contributed by atoms with E-state index in [9.17, 15) is 0 Å². The molecule has 10 heteroatoms. The lowest BCUT2D eigenvalue weighted by molar-refractivity contribution is -0.254. The number of rotatable bonds is 16. The highest BCUT2D eigenvalue weighted by Crippen LogP contribution is 2.38. The Morgan fingerprint density at radius 1 is 0.529 bits per heavy atom. The lowest BCUT2D eigenvalue weighted by atomic mass is 9.98. The van der Waals surface area contributed by atoms with Crippen LogP contribution in [-0.4, -0.2) is 56.7 Å². The average Bonchev–Trinajstić information content (AvgIpc) is 3.66. The van der Waals surface area contributed by atoms with Crippen molar-refractivity contribution in [2.45, 2.75) is 61.4 Å². The number of thioether (sulfide) groups is 1. The maximum atomic E-state index is 6.97. The van der Waals surface area contributed by atoms with E-state index in [1.54, 1.807) is 4.68 Å². The van der Waals surface area contributed by atoms with Crippen molar-refractivity contribution in [3.63, 3.8) is 0 Å². The van der Waals surface area contributed by atoms with Crippen LogP contribution in [0.25, 0.3) is 5.69 Å². The number of aromatic nitrogens is 4. The first kappa shape index (κ1) is 34.8. The zero-order valence-corrected chi connectivity index (χ0v) is 28.9. The largest absolute Gasteiger partial charge is 0.374 e. The lowest BCUT2D eigenvalue weighted by Gasteiger charge is -2.45. The molecule has 0 saturated carbocycles. The molecule has 0 radical (unpaired) electrons. The molecule has 260 valence electrons. The van der Waals surface area contributed by atoms with E-state index >= 15 is 0 Å². The van der Waals surface area contributed by atoms with Gasteiger partial charge in [-0.25, -0.2) is 0 Å². The van der Waals surface area contributed by atoms with Crippen molar-refractivity contribution < 1.29 is 23.7 Å². The summed E-state index contributed by atoms with van der Waals surface area (Å²) in [5.74, 6) is 0. The van der Waals surface area contributed by atoms with Gasteiger partial charge in [0.25, 0.3) is 0 Å². The number of nitrogens with zero attached hydrogens (tertiary/aromatic N) is 4. The first-order chi connectivity index (χ1) is 25.3. The van der Waals surface area contributed by atoms with Crippen LogP contribution in [0.1, 0.15) is 22.3 Å². The van der Waals surface area contributed by atoms with Gasteiger partial charge in [0.05, 0.1) is 38.7 Å². The van der Waals surface area contributed by atoms with Crippen molar-refractivity contribution >= 4 is 11.8 Å². The molecule has 1 aliphatic heterocycles. The van der Waals surface area contributed by atoms with Gasteiger partial charge in [0.15, 0.2) is 0 Å². The molecule has 5 atom stereocenters. The minimum atomic E-state index is -0.579. The molecule has 0 amide bonds. The van der Waals surface area contributed by atoms with E-state index in [2.05, 4.69) is 39.8 Å². The molecular formula is C41H40N4O5S. The van der Waals surface area contributed by atoms with E-state index in [1.165, 1.54) is 11.8 Å². The van der Waals surface area contributed by atoms with Gasteiger partial charge in [-0.05, 0) is 56.6 Å². The zero-order chi connectivity index (χ0) is 34.5. The zero-order valence-electron chi connectivity index (χ0n) is 28.1. The first-order valence-corrected chi connectivity index (χ1v) is 17.9. The standard InChI is InChI=1S/C41H40N4O5S/c1-6-16-31(17-7-1)26-46-30-36-37(47-27-32-18-8-2-9-19-32)38(48-28-33-20-10-3-11-21-33)39(49-29-34-22-12-4-13-23-34)40(50-36)51-41-42-43-44-45(41)35-24-14-5-15-25-35/h1-25,36-40H,26-30H2/t36-,37-,38+,39-,40+/m1/s1. The second kappa shape index (κ2) is 18.0. The summed E-state index contributed by atoms with van der Waals surface area (Å²) in [5, 5.41) is 13.3. The van der Waals surface area contributed by atoms with E-state index in [-0.39, 0.29) is 6.61 Å². The van der Waals surface area contributed by atoms with Gasteiger partial charge in [-0.1, -0.05) is 140 Å². The third-order valence-corrected chi connectivity index (χ3v) is 9.58. The van der Waals surface area contributed by atoms with Crippen molar-refractivity contribution in [3.05, 3.63) is 174 Å². The fourth-order valence-corrected chi connectivity index (χ4v) is 7.03. The van der Waals surface area contributed by atoms with Crippen LogP contribution in [-0.2, 0) is 50.1 Å². The van der Waals surface area contributed by atoms with E-state index in [0.29, 0.717) is 31.6 Å². The summed E-state index contributed by atoms with van der Waals surface area (Å²) in [6.07, 6.45) is -2.16. The summed E-state index contributed by atoms with van der Waals surface area (Å²) in [6.45, 7) is 1.77. The summed E-state index contributed by atoms with van der Waals surface area (Å²) in [4.78, 5) is 0. The van der Waals surface area contributed by atoms with Crippen molar-refractivity contribution in [3.8, 4) is 5.69 Å². The Morgan fingerprint density at radius 3 is 1.51 bits per heavy atom. The van der Waals surface area contributed by atoms with Crippen LogP contribution in [0.5, 0.6) is 0 Å². The van der Waals surface area contributed by atoms with Crippen LogP contribution in [0.4, 0.5) is 0 Å². The Labute approximate surface area is 302 Å². The maximum absolute atomic E-state index is 6.97. The molecular weight excluding hydrogens is 661 g/mol. The molecule has 0 N–H and O–H groups in total. The molecule has 0 aliphatic carbocycles. The summed E-state index contributed by atoms with van der Waals surface area (Å²) >= 11 is 1.40. The van der Waals surface area contributed by atoms with E-state index in [0.717, 1.165) is 27.9 Å². The molecule has 1 aliphatic rings. The van der Waals surface area contributed by atoms with Crippen LogP contribution >= 0.6 is 11.8 Å². The summed E-state index contributed by atoms with van der Waals surface area (Å²) in [5.41, 5.74) is 4.46. The Hall–Kier alpha value is -4.68. The number of ether oxygens (including phenoxy) is 5. The summed E-state index contributed by atoms with van der Waals surface area (Å²) in [6, 6.07) is 50.3. The van der Waals surface area contributed by atoms with Gasteiger partial charge in [-0.15, -0.1) is 5.10 Å². The molecule has 2 heterocycles. The number of para-hydroxylation sites is 1. The molecule has 7 rings (SSSR count).